The largest absolute Gasteiger partial charge is 0.464 e. The molecule has 6 nitrogen and oxygen atoms in total. The SMILES string of the molecule is Cc1ccc(CN(C(=O)CN2CCOCC2=O)c2ccc(F)cc2)o1. The molecule has 0 radical (unpaired) electrons. The lowest BCUT2D eigenvalue weighted by Crippen LogP contribution is -2.47. The first kappa shape index (κ1) is 17.2. The van der Waals surface area contributed by atoms with Gasteiger partial charge in [0.2, 0.25) is 11.8 Å². The predicted molar refractivity (Wildman–Crippen MR) is 88.4 cm³/mol. The molecule has 3 rings (SSSR count). The van der Waals surface area contributed by atoms with Gasteiger partial charge in [-0.25, -0.2) is 4.39 Å². The summed E-state index contributed by atoms with van der Waals surface area (Å²) in [5.41, 5.74) is 0.543. The molecule has 2 aromatic rings. The van der Waals surface area contributed by atoms with Crippen LogP contribution in [-0.2, 0) is 20.9 Å². The van der Waals surface area contributed by atoms with Gasteiger partial charge in [-0.1, -0.05) is 0 Å². The van der Waals surface area contributed by atoms with Crippen molar-refractivity contribution in [2.45, 2.75) is 13.5 Å². The highest BCUT2D eigenvalue weighted by molar-refractivity contribution is 5.96. The number of carbonyl (C=O) groups is 2. The van der Waals surface area contributed by atoms with Crippen LogP contribution in [0.1, 0.15) is 11.5 Å². The van der Waals surface area contributed by atoms with Gasteiger partial charge in [0.05, 0.1) is 13.2 Å². The summed E-state index contributed by atoms with van der Waals surface area (Å²) in [6.45, 7) is 2.74. The van der Waals surface area contributed by atoms with Gasteiger partial charge in [0.25, 0.3) is 0 Å². The Morgan fingerprint density at radius 2 is 2.00 bits per heavy atom. The number of rotatable bonds is 5. The van der Waals surface area contributed by atoms with Crippen LogP contribution in [0.2, 0.25) is 0 Å². The van der Waals surface area contributed by atoms with Gasteiger partial charge in [-0.3, -0.25) is 9.59 Å². The third-order valence-corrected chi connectivity index (χ3v) is 3.96. The van der Waals surface area contributed by atoms with Crippen molar-refractivity contribution in [2.24, 2.45) is 0 Å². The number of nitrogens with zero attached hydrogens (tertiary/aromatic N) is 2. The number of ether oxygens (including phenoxy) is 1. The monoisotopic (exact) mass is 346 g/mol. The number of morpholine rings is 1. The number of benzene rings is 1. The molecule has 1 fully saturated rings. The van der Waals surface area contributed by atoms with E-state index >= 15 is 0 Å². The van der Waals surface area contributed by atoms with Gasteiger partial charge in [-0.2, -0.15) is 0 Å². The fourth-order valence-electron chi connectivity index (χ4n) is 2.64. The normalized spacial score (nSPS) is 14.6. The van der Waals surface area contributed by atoms with E-state index in [9.17, 15) is 14.0 Å². The molecule has 7 heteroatoms. The smallest absolute Gasteiger partial charge is 0.249 e. The van der Waals surface area contributed by atoms with E-state index in [-0.39, 0.29) is 37.3 Å². The molecule has 0 unspecified atom stereocenters. The van der Waals surface area contributed by atoms with E-state index in [0.29, 0.717) is 24.6 Å². The molecule has 0 N–H and O–H groups in total. The topological polar surface area (TPSA) is 63.0 Å². The lowest BCUT2D eigenvalue weighted by atomic mass is 10.2. The second-order valence-corrected chi connectivity index (χ2v) is 5.84. The predicted octanol–water partition coefficient (Wildman–Crippen LogP) is 2.12. The summed E-state index contributed by atoms with van der Waals surface area (Å²) >= 11 is 0. The van der Waals surface area contributed by atoms with Crippen molar-refractivity contribution in [3.8, 4) is 0 Å². The average molecular weight is 346 g/mol. The number of furan rings is 1. The zero-order valence-electron chi connectivity index (χ0n) is 13.9. The van der Waals surface area contributed by atoms with Crippen molar-refractivity contribution in [1.82, 2.24) is 4.90 Å². The molecule has 0 bridgehead atoms. The Morgan fingerprint density at radius 3 is 2.64 bits per heavy atom. The third-order valence-electron chi connectivity index (χ3n) is 3.96. The Hall–Kier alpha value is -2.67. The van der Waals surface area contributed by atoms with Gasteiger partial charge in [0, 0.05) is 12.2 Å². The highest BCUT2D eigenvalue weighted by atomic mass is 19.1. The zero-order chi connectivity index (χ0) is 17.8. The summed E-state index contributed by atoms with van der Waals surface area (Å²) in [7, 11) is 0. The van der Waals surface area contributed by atoms with E-state index in [2.05, 4.69) is 0 Å². The standard InChI is InChI=1S/C18H19FN2O4/c1-13-2-7-16(25-13)10-21(15-5-3-14(19)4-6-15)17(22)11-20-8-9-24-12-18(20)23/h2-7H,8-12H2,1H3. The van der Waals surface area contributed by atoms with Gasteiger partial charge in [0.15, 0.2) is 0 Å². The van der Waals surface area contributed by atoms with Gasteiger partial charge in [-0.05, 0) is 43.3 Å². The van der Waals surface area contributed by atoms with Gasteiger partial charge in [0.1, 0.15) is 30.5 Å². The molecule has 0 aliphatic carbocycles. The number of hydrogen-bond donors (Lipinski definition) is 0. The lowest BCUT2D eigenvalue weighted by molar-refractivity contribution is -0.145. The molecule has 0 spiro atoms. The number of aryl methyl sites for hydroxylation is 1. The van der Waals surface area contributed by atoms with Crippen LogP contribution in [0.5, 0.6) is 0 Å². The van der Waals surface area contributed by atoms with E-state index in [1.165, 1.54) is 34.1 Å². The van der Waals surface area contributed by atoms with Crippen LogP contribution in [0.25, 0.3) is 0 Å². The average Bonchev–Trinajstić information content (AvgIpc) is 3.01. The van der Waals surface area contributed by atoms with Crippen molar-refractivity contribution in [2.75, 3.05) is 31.2 Å². The van der Waals surface area contributed by atoms with Crippen LogP contribution < -0.4 is 4.90 Å². The first-order valence-corrected chi connectivity index (χ1v) is 8.00. The molecule has 2 heterocycles. The molecule has 132 valence electrons. The van der Waals surface area contributed by atoms with Gasteiger partial charge in [-0.15, -0.1) is 0 Å². The van der Waals surface area contributed by atoms with Crippen LogP contribution in [0.4, 0.5) is 10.1 Å². The maximum atomic E-state index is 13.2. The maximum absolute atomic E-state index is 13.2. The number of anilines is 1. The van der Waals surface area contributed by atoms with Crippen LogP contribution in [0.15, 0.2) is 40.8 Å². The van der Waals surface area contributed by atoms with Crippen LogP contribution in [0.3, 0.4) is 0 Å². The highest BCUT2D eigenvalue weighted by Gasteiger charge is 2.25. The molecule has 1 aromatic carbocycles. The van der Waals surface area contributed by atoms with Gasteiger partial charge < -0.3 is 19.0 Å². The fourth-order valence-corrected chi connectivity index (χ4v) is 2.64. The first-order valence-electron chi connectivity index (χ1n) is 8.00. The zero-order valence-corrected chi connectivity index (χ0v) is 13.9. The first-order chi connectivity index (χ1) is 12.0. The summed E-state index contributed by atoms with van der Waals surface area (Å²) in [5.74, 6) is 0.491. The van der Waals surface area contributed by atoms with Crippen molar-refractivity contribution in [3.63, 3.8) is 0 Å². The summed E-state index contributed by atoms with van der Waals surface area (Å²) in [6.07, 6.45) is 0. The molecule has 1 aliphatic rings. The second-order valence-electron chi connectivity index (χ2n) is 5.84. The molecular formula is C18H19FN2O4. The van der Waals surface area contributed by atoms with Crippen LogP contribution >= 0.6 is 0 Å². The molecular weight excluding hydrogens is 327 g/mol. The lowest BCUT2D eigenvalue weighted by Gasteiger charge is -2.29. The van der Waals surface area contributed by atoms with Crippen molar-refractivity contribution in [3.05, 3.63) is 53.7 Å². The van der Waals surface area contributed by atoms with Crippen molar-refractivity contribution >= 4 is 17.5 Å². The van der Waals surface area contributed by atoms with Gasteiger partial charge >= 0.3 is 0 Å². The van der Waals surface area contributed by atoms with Crippen molar-refractivity contribution in [1.29, 1.82) is 0 Å². The van der Waals surface area contributed by atoms with E-state index in [1.807, 2.05) is 13.0 Å². The Morgan fingerprint density at radius 1 is 1.24 bits per heavy atom. The number of hydrogen-bond acceptors (Lipinski definition) is 4. The van der Waals surface area contributed by atoms with E-state index < -0.39 is 0 Å². The Balaban J connectivity index is 1.80. The van der Waals surface area contributed by atoms with Crippen molar-refractivity contribution < 1.29 is 23.1 Å². The molecule has 1 aliphatic heterocycles. The van der Waals surface area contributed by atoms with E-state index in [0.717, 1.165) is 5.76 Å². The molecule has 25 heavy (non-hydrogen) atoms. The van der Waals surface area contributed by atoms with E-state index in [1.54, 1.807) is 6.07 Å². The quantitative estimate of drug-likeness (QED) is 0.832. The molecule has 0 saturated carbocycles. The number of amides is 2. The molecule has 1 saturated heterocycles. The second kappa shape index (κ2) is 7.48. The Bertz CT molecular complexity index is 757. The Labute approximate surface area is 144 Å². The summed E-state index contributed by atoms with van der Waals surface area (Å²) in [5, 5.41) is 0. The summed E-state index contributed by atoms with van der Waals surface area (Å²) < 4.78 is 23.8. The molecule has 2 amide bonds. The number of carbonyl (C=O) groups excluding carboxylic acids is 2. The van der Waals surface area contributed by atoms with Crippen LogP contribution in [-0.4, -0.2) is 43.0 Å². The third kappa shape index (κ3) is 4.24. The minimum Gasteiger partial charge on any atom is -0.464 e. The molecule has 0 atom stereocenters. The maximum Gasteiger partial charge on any atom is 0.249 e. The molecule has 1 aromatic heterocycles. The Kier molecular flexibility index (Phi) is 5.14. The highest BCUT2D eigenvalue weighted by Crippen LogP contribution is 2.20. The number of halogens is 1. The summed E-state index contributed by atoms with van der Waals surface area (Å²) in [6, 6.07) is 9.26. The fraction of sp³-hybridized carbons (Fsp3) is 0.333. The minimum atomic E-state index is -0.381. The van der Waals surface area contributed by atoms with Crippen LogP contribution in [0, 0.1) is 12.7 Å². The van der Waals surface area contributed by atoms with E-state index in [4.69, 9.17) is 9.15 Å². The summed E-state index contributed by atoms with van der Waals surface area (Å²) in [4.78, 5) is 27.6. The minimum absolute atomic E-state index is 0.0127.